The summed E-state index contributed by atoms with van der Waals surface area (Å²) in [7, 11) is 0. The standard InChI is InChI=1S/C11H13FN2O2/c12-9-2-1-7(11(13)15)5-10(9)14-8-3-4-16-6-8/h1-2,5,8,14H,3-4,6H2,(H2,13,15). The van der Waals surface area contributed by atoms with Crippen LogP contribution < -0.4 is 11.1 Å². The topological polar surface area (TPSA) is 64.4 Å². The van der Waals surface area contributed by atoms with Crippen molar-refractivity contribution in [3.8, 4) is 0 Å². The van der Waals surface area contributed by atoms with Crippen molar-refractivity contribution < 1.29 is 13.9 Å². The molecule has 1 heterocycles. The second-order valence-electron chi connectivity index (χ2n) is 3.76. The van der Waals surface area contributed by atoms with Gasteiger partial charge in [0.1, 0.15) is 5.82 Å². The lowest BCUT2D eigenvalue weighted by molar-refractivity contribution is 0.100. The Balaban J connectivity index is 2.17. The van der Waals surface area contributed by atoms with Gasteiger partial charge < -0.3 is 15.8 Å². The fraction of sp³-hybridized carbons (Fsp3) is 0.364. The summed E-state index contributed by atoms with van der Waals surface area (Å²) in [6.45, 7) is 1.23. The molecule has 1 aliphatic rings. The number of hydrogen-bond acceptors (Lipinski definition) is 3. The van der Waals surface area contributed by atoms with Gasteiger partial charge in [0.25, 0.3) is 0 Å². The Morgan fingerprint density at radius 1 is 1.56 bits per heavy atom. The molecule has 4 nitrogen and oxygen atoms in total. The van der Waals surface area contributed by atoms with Crippen LogP contribution in [0.15, 0.2) is 18.2 Å². The first-order valence-corrected chi connectivity index (χ1v) is 5.10. The number of nitrogens with two attached hydrogens (primary N) is 1. The predicted molar refractivity (Wildman–Crippen MR) is 57.8 cm³/mol. The van der Waals surface area contributed by atoms with E-state index in [2.05, 4.69) is 5.32 Å². The molecule has 2 rings (SSSR count). The van der Waals surface area contributed by atoms with Gasteiger partial charge in [-0.1, -0.05) is 0 Å². The average molecular weight is 224 g/mol. The van der Waals surface area contributed by atoms with Crippen molar-refractivity contribution in [2.75, 3.05) is 18.5 Å². The number of anilines is 1. The highest BCUT2D eigenvalue weighted by Crippen LogP contribution is 2.19. The Labute approximate surface area is 92.6 Å². The first kappa shape index (κ1) is 10.9. The molecule has 3 N–H and O–H groups in total. The predicted octanol–water partition coefficient (Wildman–Crippen LogP) is 1.13. The molecule has 1 saturated heterocycles. The molecule has 0 aliphatic carbocycles. The first-order valence-electron chi connectivity index (χ1n) is 5.10. The lowest BCUT2D eigenvalue weighted by Crippen LogP contribution is -2.20. The molecule has 0 radical (unpaired) electrons. The number of ether oxygens (including phenoxy) is 1. The molecule has 5 heteroatoms. The van der Waals surface area contributed by atoms with Gasteiger partial charge in [0.15, 0.2) is 0 Å². The minimum Gasteiger partial charge on any atom is -0.379 e. The molecule has 86 valence electrons. The quantitative estimate of drug-likeness (QED) is 0.808. The highest BCUT2D eigenvalue weighted by atomic mass is 19.1. The molecular weight excluding hydrogens is 211 g/mol. The van der Waals surface area contributed by atoms with Crippen molar-refractivity contribution in [2.45, 2.75) is 12.5 Å². The van der Waals surface area contributed by atoms with Gasteiger partial charge in [-0.15, -0.1) is 0 Å². The number of carbonyl (C=O) groups is 1. The van der Waals surface area contributed by atoms with Gasteiger partial charge in [-0.25, -0.2) is 4.39 Å². The van der Waals surface area contributed by atoms with Crippen LogP contribution in [0.3, 0.4) is 0 Å². The summed E-state index contributed by atoms with van der Waals surface area (Å²) in [6, 6.07) is 4.13. The summed E-state index contributed by atoms with van der Waals surface area (Å²) >= 11 is 0. The van der Waals surface area contributed by atoms with Crippen molar-refractivity contribution in [1.29, 1.82) is 0 Å². The molecule has 1 amide bonds. The molecular formula is C11H13FN2O2. The molecule has 1 unspecified atom stereocenters. The van der Waals surface area contributed by atoms with E-state index in [4.69, 9.17) is 10.5 Å². The zero-order valence-electron chi connectivity index (χ0n) is 8.70. The van der Waals surface area contributed by atoms with E-state index in [1.165, 1.54) is 18.2 Å². The lowest BCUT2D eigenvalue weighted by atomic mass is 10.1. The Hall–Kier alpha value is -1.62. The minimum atomic E-state index is -0.564. The van der Waals surface area contributed by atoms with Crippen LogP contribution in [0, 0.1) is 5.82 Å². The summed E-state index contributed by atoms with van der Waals surface area (Å²) in [5.41, 5.74) is 5.72. The van der Waals surface area contributed by atoms with Gasteiger partial charge >= 0.3 is 0 Å². The molecule has 0 bridgehead atoms. The fourth-order valence-electron chi connectivity index (χ4n) is 1.66. The van der Waals surface area contributed by atoms with Crippen molar-refractivity contribution in [1.82, 2.24) is 0 Å². The van der Waals surface area contributed by atoms with E-state index in [9.17, 15) is 9.18 Å². The summed E-state index contributed by atoms with van der Waals surface area (Å²) in [6.07, 6.45) is 0.834. The van der Waals surface area contributed by atoms with E-state index >= 15 is 0 Å². The normalized spacial score (nSPS) is 19.7. The van der Waals surface area contributed by atoms with Crippen molar-refractivity contribution >= 4 is 11.6 Å². The number of nitrogens with one attached hydrogen (secondary N) is 1. The third-order valence-corrected chi connectivity index (χ3v) is 2.54. The molecule has 1 fully saturated rings. The highest BCUT2D eigenvalue weighted by Gasteiger charge is 2.17. The number of rotatable bonds is 3. The Bertz CT molecular complexity index is 403. The van der Waals surface area contributed by atoms with Crippen molar-refractivity contribution in [3.05, 3.63) is 29.6 Å². The van der Waals surface area contributed by atoms with Gasteiger partial charge in [-0.3, -0.25) is 4.79 Å². The zero-order valence-corrected chi connectivity index (χ0v) is 8.70. The second kappa shape index (κ2) is 4.49. The summed E-state index contributed by atoms with van der Waals surface area (Å²) in [5, 5.41) is 3.00. The number of halogens is 1. The average Bonchev–Trinajstić information content (AvgIpc) is 2.73. The van der Waals surface area contributed by atoms with Crippen LogP contribution in [0.5, 0.6) is 0 Å². The molecule has 0 aromatic heterocycles. The highest BCUT2D eigenvalue weighted by molar-refractivity contribution is 5.93. The van der Waals surface area contributed by atoms with Crippen LogP contribution in [0.4, 0.5) is 10.1 Å². The molecule has 1 aromatic carbocycles. The van der Waals surface area contributed by atoms with Crippen molar-refractivity contribution in [3.63, 3.8) is 0 Å². The maximum atomic E-state index is 13.4. The molecule has 16 heavy (non-hydrogen) atoms. The van der Waals surface area contributed by atoms with Crippen LogP contribution in [0.2, 0.25) is 0 Å². The van der Waals surface area contributed by atoms with Crippen LogP contribution >= 0.6 is 0 Å². The van der Waals surface area contributed by atoms with Crippen LogP contribution in [-0.4, -0.2) is 25.2 Å². The zero-order chi connectivity index (χ0) is 11.5. The number of amides is 1. The molecule has 1 aromatic rings. The van der Waals surface area contributed by atoms with Crippen LogP contribution in [0.1, 0.15) is 16.8 Å². The Morgan fingerprint density at radius 2 is 2.38 bits per heavy atom. The summed E-state index contributed by atoms with van der Waals surface area (Å²) in [4.78, 5) is 10.9. The van der Waals surface area contributed by atoms with Gasteiger partial charge in [0.05, 0.1) is 18.3 Å². The number of primary amides is 1. The third kappa shape index (κ3) is 2.30. The first-order chi connectivity index (χ1) is 7.66. The maximum Gasteiger partial charge on any atom is 0.248 e. The van der Waals surface area contributed by atoms with Crippen molar-refractivity contribution in [2.24, 2.45) is 5.73 Å². The molecule has 0 saturated carbocycles. The van der Waals surface area contributed by atoms with Gasteiger partial charge in [0.2, 0.25) is 5.91 Å². The van der Waals surface area contributed by atoms with Gasteiger partial charge in [0, 0.05) is 12.2 Å². The molecule has 1 aliphatic heterocycles. The van der Waals surface area contributed by atoms with E-state index in [-0.39, 0.29) is 6.04 Å². The molecule has 1 atom stereocenters. The second-order valence-corrected chi connectivity index (χ2v) is 3.76. The largest absolute Gasteiger partial charge is 0.379 e. The summed E-state index contributed by atoms with van der Waals surface area (Å²) < 4.78 is 18.6. The maximum absolute atomic E-state index is 13.4. The van der Waals surface area contributed by atoms with E-state index in [0.717, 1.165) is 6.42 Å². The van der Waals surface area contributed by atoms with Crippen LogP contribution in [-0.2, 0) is 4.74 Å². The Kier molecular flexibility index (Phi) is 3.05. The third-order valence-electron chi connectivity index (χ3n) is 2.54. The Morgan fingerprint density at radius 3 is 3.00 bits per heavy atom. The van der Waals surface area contributed by atoms with E-state index in [1.54, 1.807) is 0 Å². The van der Waals surface area contributed by atoms with Crippen LogP contribution in [0.25, 0.3) is 0 Å². The SMILES string of the molecule is NC(=O)c1ccc(F)c(NC2CCOC2)c1. The van der Waals surface area contributed by atoms with Gasteiger partial charge in [-0.05, 0) is 24.6 Å². The fourth-order valence-corrected chi connectivity index (χ4v) is 1.66. The number of hydrogen-bond donors (Lipinski definition) is 2. The van der Waals surface area contributed by atoms with E-state index in [0.29, 0.717) is 24.5 Å². The van der Waals surface area contributed by atoms with E-state index in [1.807, 2.05) is 0 Å². The van der Waals surface area contributed by atoms with E-state index < -0.39 is 11.7 Å². The number of benzene rings is 1. The minimum absolute atomic E-state index is 0.0950. The molecule has 0 spiro atoms. The monoisotopic (exact) mass is 224 g/mol. The van der Waals surface area contributed by atoms with Gasteiger partial charge in [-0.2, -0.15) is 0 Å². The number of carbonyl (C=O) groups excluding carboxylic acids is 1. The smallest absolute Gasteiger partial charge is 0.248 e. The lowest BCUT2D eigenvalue weighted by Gasteiger charge is -2.13. The summed E-state index contributed by atoms with van der Waals surface area (Å²) in [5.74, 6) is -0.956.